The minimum absolute atomic E-state index is 0.232. The maximum atomic E-state index is 11.6. The molecule has 1 N–H and O–H groups in total. The zero-order valence-electron chi connectivity index (χ0n) is 12.6. The summed E-state index contributed by atoms with van der Waals surface area (Å²) in [7, 11) is 0. The van der Waals surface area contributed by atoms with Crippen molar-refractivity contribution in [3.05, 3.63) is 29.3 Å². The summed E-state index contributed by atoms with van der Waals surface area (Å²) in [6.07, 6.45) is 1.48. The number of carbonyl (C=O) groups is 1. The van der Waals surface area contributed by atoms with E-state index in [1.165, 1.54) is 0 Å². The van der Waals surface area contributed by atoms with Gasteiger partial charge in [0.05, 0.1) is 17.9 Å². The van der Waals surface area contributed by atoms with Crippen LogP contribution in [-0.2, 0) is 4.74 Å². The summed E-state index contributed by atoms with van der Waals surface area (Å²) in [6.45, 7) is 5.57. The smallest absolute Gasteiger partial charge is 0.409 e. The molecule has 2 rings (SSSR count). The number of amides is 1. The van der Waals surface area contributed by atoms with Gasteiger partial charge in [-0.05, 0) is 44.4 Å². The summed E-state index contributed by atoms with van der Waals surface area (Å²) >= 11 is 0. The van der Waals surface area contributed by atoms with Gasteiger partial charge in [-0.1, -0.05) is 6.07 Å². The molecule has 1 aromatic carbocycles. The van der Waals surface area contributed by atoms with Crippen molar-refractivity contribution in [2.45, 2.75) is 32.7 Å². The largest absolute Gasteiger partial charge is 0.450 e. The number of hydrogen-bond donors (Lipinski definition) is 1. The number of hydrogen-bond acceptors (Lipinski definition) is 4. The molecule has 0 radical (unpaired) electrons. The monoisotopic (exact) mass is 287 g/mol. The molecule has 1 saturated heterocycles. The first-order chi connectivity index (χ1) is 10.1. The van der Waals surface area contributed by atoms with E-state index < -0.39 is 0 Å². The highest BCUT2D eigenvalue weighted by atomic mass is 16.6. The third kappa shape index (κ3) is 3.88. The number of ether oxygens (including phenoxy) is 1. The average Bonchev–Trinajstić information content (AvgIpc) is 2.50. The summed E-state index contributed by atoms with van der Waals surface area (Å²) in [5, 5.41) is 12.6. The van der Waals surface area contributed by atoms with Crippen LogP contribution in [0.2, 0.25) is 0 Å². The van der Waals surface area contributed by atoms with Crippen LogP contribution in [0, 0.1) is 18.3 Å². The Balaban J connectivity index is 1.92. The lowest BCUT2D eigenvalue weighted by molar-refractivity contribution is 0.0983. The first kappa shape index (κ1) is 15.2. The summed E-state index contributed by atoms with van der Waals surface area (Å²) in [6, 6.07) is 8.34. The molecule has 5 nitrogen and oxygen atoms in total. The molecule has 0 saturated carbocycles. The van der Waals surface area contributed by atoms with Gasteiger partial charge in [0.25, 0.3) is 0 Å². The Labute approximate surface area is 125 Å². The lowest BCUT2D eigenvalue weighted by Crippen LogP contribution is -2.42. The molecule has 1 fully saturated rings. The zero-order chi connectivity index (χ0) is 15.2. The van der Waals surface area contributed by atoms with E-state index in [1.54, 1.807) is 4.90 Å². The van der Waals surface area contributed by atoms with Gasteiger partial charge in [-0.25, -0.2) is 4.79 Å². The van der Waals surface area contributed by atoms with Gasteiger partial charge in [0.15, 0.2) is 0 Å². The Hall–Kier alpha value is -2.22. The number of nitrogens with one attached hydrogen (secondary N) is 1. The summed E-state index contributed by atoms with van der Waals surface area (Å²) < 4.78 is 5.01. The second-order valence-electron chi connectivity index (χ2n) is 5.27. The van der Waals surface area contributed by atoms with Crippen molar-refractivity contribution in [1.29, 1.82) is 5.26 Å². The number of piperidine rings is 1. The lowest BCUT2D eigenvalue weighted by atomic mass is 10.0. The second-order valence-corrected chi connectivity index (χ2v) is 5.27. The molecule has 1 aliphatic heterocycles. The Morgan fingerprint density at radius 3 is 2.81 bits per heavy atom. The molecule has 1 heterocycles. The van der Waals surface area contributed by atoms with E-state index in [-0.39, 0.29) is 12.1 Å². The van der Waals surface area contributed by atoms with Gasteiger partial charge in [0, 0.05) is 19.1 Å². The Morgan fingerprint density at radius 1 is 1.48 bits per heavy atom. The topological polar surface area (TPSA) is 65.4 Å². The van der Waals surface area contributed by atoms with Gasteiger partial charge in [0.1, 0.15) is 6.07 Å². The highest BCUT2D eigenvalue weighted by Gasteiger charge is 2.23. The zero-order valence-corrected chi connectivity index (χ0v) is 12.6. The standard InChI is InChI=1S/C16H21N3O2/c1-3-21-16(20)19-8-6-14(7-9-19)18-15-5-4-12(2)10-13(15)11-17/h4-5,10,14,18H,3,6-9H2,1-2H3. The molecule has 112 valence electrons. The number of nitrogens with zero attached hydrogens (tertiary/aromatic N) is 2. The van der Waals surface area contributed by atoms with E-state index in [1.807, 2.05) is 32.0 Å². The SMILES string of the molecule is CCOC(=O)N1CCC(Nc2ccc(C)cc2C#N)CC1. The van der Waals surface area contributed by atoms with E-state index in [2.05, 4.69) is 11.4 Å². The van der Waals surface area contributed by atoms with Gasteiger partial charge in [0.2, 0.25) is 0 Å². The molecule has 0 aliphatic carbocycles. The number of anilines is 1. The molecule has 5 heteroatoms. The van der Waals surface area contributed by atoms with Gasteiger partial charge in [-0.15, -0.1) is 0 Å². The van der Waals surface area contributed by atoms with Crippen LogP contribution in [0.15, 0.2) is 18.2 Å². The Bertz CT molecular complexity index is 543. The van der Waals surface area contributed by atoms with Crippen LogP contribution in [0.3, 0.4) is 0 Å². The van der Waals surface area contributed by atoms with Crippen molar-refractivity contribution >= 4 is 11.8 Å². The number of rotatable bonds is 3. The molecule has 1 amide bonds. The van der Waals surface area contributed by atoms with Crippen LogP contribution in [0.25, 0.3) is 0 Å². The van der Waals surface area contributed by atoms with Crippen LogP contribution in [0.5, 0.6) is 0 Å². The average molecular weight is 287 g/mol. The van der Waals surface area contributed by atoms with Gasteiger partial charge < -0.3 is 15.0 Å². The predicted octanol–water partition coefficient (Wildman–Crippen LogP) is 2.90. The number of benzene rings is 1. The van der Waals surface area contributed by atoms with E-state index in [9.17, 15) is 10.1 Å². The molecule has 0 unspecified atom stereocenters. The van der Waals surface area contributed by atoms with Crippen LogP contribution in [-0.4, -0.2) is 36.7 Å². The maximum absolute atomic E-state index is 11.6. The number of carbonyl (C=O) groups excluding carboxylic acids is 1. The molecule has 0 atom stereocenters. The molecule has 1 aliphatic rings. The Kier molecular flexibility index (Phi) is 5.04. The number of aryl methyl sites for hydroxylation is 1. The van der Waals surface area contributed by atoms with Crippen molar-refractivity contribution < 1.29 is 9.53 Å². The van der Waals surface area contributed by atoms with E-state index >= 15 is 0 Å². The highest BCUT2D eigenvalue weighted by Crippen LogP contribution is 2.21. The number of nitriles is 1. The fourth-order valence-electron chi connectivity index (χ4n) is 2.52. The van der Waals surface area contributed by atoms with E-state index in [0.717, 1.165) is 24.1 Å². The second kappa shape index (κ2) is 6.98. The quantitative estimate of drug-likeness (QED) is 0.928. The third-order valence-electron chi connectivity index (χ3n) is 3.68. The first-order valence-corrected chi connectivity index (χ1v) is 7.33. The molecule has 0 spiro atoms. The van der Waals surface area contributed by atoms with Crippen LogP contribution in [0.4, 0.5) is 10.5 Å². The molecule has 0 bridgehead atoms. The van der Waals surface area contributed by atoms with Crippen molar-refractivity contribution in [1.82, 2.24) is 4.90 Å². The molecule has 0 aromatic heterocycles. The minimum atomic E-state index is -0.232. The molecular formula is C16H21N3O2. The van der Waals surface area contributed by atoms with Crippen molar-refractivity contribution in [2.75, 3.05) is 25.0 Å². The normalized spacial score (nSPS) is 15.4. The lowest BCUT2D eigenvalue weighted by Gasteiger charge is -2.32. The molecular weight excluding hydrogens is 266 g/mol. The summed E-state index contributed by atoms with van der Waals surface area (Å²) in [5.74, 6) is 0. The van der Waals surface area contributed by atoms with Crippen LogP contribution < -0.4 is 5.32 Å². The third-order valence-corrected chi connectivity index (χ3v) is 3.68. The first-order valence-electron chi connectivity index (χ1n) is 7.33. The van der Waals surface area contributed by atoms with Crippen molar-refractivity contribution in [3.63, 3.8) is 0 Å². The van der Waals surface area contributed by atoms with E-state index in [0.29, 0.717) is 25.3 Å². The highest BCUT2D eigenvalue weighted by molar-refractivity contribution is 5.67. The van der Waals surface area contributed by atoms with Crippen molar-refractivity contribution in [2.24, 2.45) is 0 Å². The van der Waals surface area contributed by atoms with Gasteiger partial charge >= 0.3 is 6.09 Å². The molecule has 1 aromatic rings. The van der Waals surface area contributed by atoms with Crippen LogP contribution >= 0.6 is 0 Å². The van der Waals surface area contributed by atoms with Gasteiger partial charge in [-0.3, -0.25) is 0 Å². The molecule has 21 heavy (non-hydrogen) atoms. The minimum Gasteiger partial charge on any atom is -0.450 e. The fraction of sp³-hybridized carbons (Fsp3) is 0.500. The van der Waals surface area contributed by atoms with Crippen molar-refractivity contribution in [3.8, 4) is 6.07 Å². The Morgan fingerprint density at radius 2 is 2.19 bits per heavy atom. The summed E-state index contributed by atoms with van der Waals surface area (Å²) in [5.41, 5.74) is 2.62. The van der Waals surface area contributed by atoms with E-state index in [4.69, 9.17) is 4.74 Å². The van der Waals surface area contributed by atoms with Crippen LogP contribution in [0.1, 0.15) is 30.9 Å². The summed E-state index contributed by atoms with van der Waals surface area (Å²) in [4.78, 5) is 13.4. The predicted molar refractivity (Wildman–Crippen MR) is 81.1 cm³/mol. The maximum Gasteiger partial charge on any atom is 0.409 e. The number of likely N-dealkylation sites (tertiary alicyclic amines) is 1. The fourth-order valence-corrected chi connectivity index (χ4v) is 2.52. The van der Waals surface area contributed by atoms with Gasteiger partial charge in [-0.2, -0.15) is 5.26 Å².